The monoisotopic (exact) mass is 401 g/mol. The van der Waals surface area contributed by atoms with Crippen LogP contribution in [0.3, 0.4) is 0 Å². The summed E-state index contributed by atoms with van der Waals surface area (Å²) in [5.41, 5.74) is 3.01. The summed E-state index contributed by atoms with van der Waals surface area (Å²) >= 11 is 5.98. The second-order valence-corrected chi connectivity index (χ2v) is 7.22. The Hall–Kier alpha value is -2.57. The molecule has 1 aliphatic rings. The maximum Gasteiger partial charge on any atom is 0.251 e. The standard InChI is InChI=1S/C21H24ClN3O3/c1-14-4-7-16(22)11-19(14)23-13-20(26)25-17-8-5-15(6-9-17)21(27)24-12-18-3-2-10-28-18/h4-9,11,18,23H,2-3,10,12-13H2,1H3,(H,24,27)(H,25,26). The van der Waals surface area contributed by atoms with Crippen LogP contribution in [0.15, 0.2) is 42.5 Å². The minimum Gasteiger partial charge on any atom is -0.376 e. The van der Waals surface area contributed by atoms with E-state index in [1.54, 1.807) is 36.4 Å². The van der Waals surface area contributed by atoms with Crippen LogP contribution < -0.4 is 16.0 Å². The average Bonchev–Trinajstić information content (AvgIpc) is 3.21. The van der Waals surface area contributed by atoms with Gasteiger partial charge in [0.1, 0.15) is 0 Å². The zero-order chi connectivity index (χ0) is 19.9. The number of carbonyl (C=O) groups is 2. The van der Waals surface area contributed by atoms with E-state index >= 15 is 0 Å². The molecule has 2 aromatic carbocycles. The lowest BCUT2D eigenvalue weighted by Crippen LogP contribution is -2.31. The number of carbonyl (C=O) groups excluding carboxylic acids is 2. The van der Waals surface area contributed by atoms with Gasteiger partial charge in [0.2, 0.25) is 5.91 Å². The van der Waals surface area contributed by atoms with Crippen molar-refractivity contribution in [2.75, 3.05) is 30.3 Å². The van der Waals surface area contributed by atoms with Crippen LogP contribution in [0.4, 0.5) is 11.4 Å². The highest BCUT2D eigenvalue weighted by Crippen LogP contribution is 2.20. The van der Waals surface area contributed by atoms with E-state index < -0.39 is 0 Å². The Labute approximate surface area is 169 Å². The highest BCUT2D eigenvalue weighted by Gasteiger charge is 2.16. The first-order valence-corrected chi connectivity index (χ1v) is 9.69. The highest BCUT2D eigenvalue weighted by molar-refractivity contribution is 6.30. The lowest BCUT2D eigenvalue weighted by atomic mass is 10.2. The van der Waals surface area contributed by atoms with Crippen LogP contribution in [-0.4, -0.2) is 37.6 Å². The lowest BCUT2D eigenvalue weighted by Gasteiger charge is -2.12. The van der Waals surface area contributed by atoms with Crippen molar-refractivity contribution in [1.29, 1.82) is 0 Å². The summed E-state index contributed by atoms with van der Waals surface area (Å²) in [5.74, 6) is -0.332. The molecule has 28 heavy (non-hydrogen) atoms. The van der Waals surface area contributed by atoms with Gasteiger partial charge in [0.15, 0.2) is 0 Å². The molecule has 1 atom stereocenters. The number of anilines is 2. The largest absolute Gasteiger partial charge is 0.376 e. The van der Waals surface area contributed by atoms with Gasteiger partial charge >= 0.3 is 0 Å². The molecule has 1 aliphatic heterocycles. The number of halogens is 1. The molecule has 148 valence electrons. The first kappa shape index (κ1) is 20.2. The normalized spacial score (nSPS) is 15.9. The van der Waals surface area contributed by atoms with Gasteiger partial charge in [-0.2, -0.15) is 0 Å². The van der Waals surface area contributed by atoms with E-state index in [-0.39, 0.29) is 24.5 Å². The molecule has 0 spiro atoms. The molecule has 3 rings (SSSR count). The minimum absolute atomic E-state index is 0.109. The van der Waals surface area contributed by atoms with Gasteiger partial charge in [0, 0.05) is 35.1 Å². The third kappa shape index (κ3) is 5.71. The van der Waals surface area contributed by atoms with Crippen molar-refractivity contribution in [3.05, 3.63) is 58.6 Å². The van der Waals surface area contributed by atoms with Crippen molar-refractivity contribution in [3.63, 3.8) is 0 Å². The second kappa shape index (κ2) is 9.57. The topological polar surface area (TPSA) is 79.5 Å². The fraction of sp³-hybridized carbons (Fsp3) is 0.333. The van der Waals surface area contributed by atoms with Crippen LogP contribution in [0.2, 0.25) is 5.02 Å². The van der Waals surface area contributed by atoms with E-state index in [1.165, 1.54) is 0 Å². The molecule has 1 saturated heterocycles. The molecule has 2 aromatic rings. The molecular weight excluding hydrogens is 378 g/mol. The average molecular weight is 402 g/mol. The zero-order valence-corrected chi connectivity index (χ0v) is 16.5. The summed E-state index contributed by atoms with van der Waals surface area (Å²) < 4.78 is 5.50. The van der Waals surface area contributed by atoms with Gasteiger partial charge in [-0.1, -0.05) is 17.7 Å². The van der Waals surface area contributed by atoms with Crippen LogP contribution in [0.1, 0.15) is 28.8 Å². The van der Waals surface area contributed by atoms with Crippen molar-refractivity contribution in [1.82, 2.24) is 5.32 Å². The van der Waals surface area contributed by atoms with Crippen molar-refractivity contribution in [2.45, 2.75) is 25.9 Å². The summed E-state index contributed by atoms with van der Waals surface area (Å²) in [5, 5.41) is 9.37. The maximum absolute atomic E-state index is 12.2. The lowest BCUT2D eigenvalue weighted by molar-refractivity contribution is -0.114. The van der Waals surface area contributed by atoms with Gasteiger partial charge in [-0.05, 0) is 61.7 Å². The maximum atomic E-state index is 12.2. The van der Waals surface area contributed by atoms with E-state index in [9.17, 15) is 9.59 Å². The number of ether oxygens (including phenoxy) is 1. The number of nitrogens with one attached hydrogen (secondary N) is 3. The Kier molecular flexibility index (Phi) is 6.90. The van der Waals surface area contributed by atoms with E-state index in [2.05, 4.69) is 16.0 Å². The van der Waals surface area contributed by atoms with Crippen LogP contribution in [0, 0.1) is 6.92 Å². The number of rotatable bonds is 7. The highest BCUT2D eigenvalue weighted by atomic mass is 35.5. The Morgan fingerprint density at radius 3 is 2.68 bits per heavy atom. The number of hydrogen-bond donors (Lipinski definition) is 3. The van der Waals surface area contributed by atoms with Crippen LogP contribution in [0.5, 0.6) is 0 Å². The smallest absolute Gasteiger partial charge is 0.251 e. The summed E-state index contributed by atoms with van der Waals surface area (Å²) in [6, 6.07) is 12.3. The Balaban J connectivity index is 1.47. The molecule has 0 bridgehead atoms. The van der Waals surface area contributed by atoms with Gasteiger partial charge < -0.3 is 20.7 Å². The summed E-state index contributed by atoms with van der Waals surface area (Å²) in [4.78, 5) is 24.3. The molecule has 6 nitrogen and oxygen atoms in total. The van der Waals surface area contributed by atoms with Crippen molar-refractivity contribution in [2.24, 2.45) is 0 Å². The van der Waals surface area contributed by atoms with E-state index in [0.717, 1.165) is 30.7 Å². The minimum atomic E-state index is -0.185. The van der Waals surface area contributed by atoms with Gasteiger partial charge in [-0.15, -0.1) is 0 Å². The number of hydrogen-bond acceptors (Lipinski definition) is 4. The van der Waals surface area contributed by atoms with Crippen LogP contribution >= 0.6 is 11.6 Å². The zero-order valence-electron chi connectivity index (χ0n) is 15.8. The number of aryl methyl sites for hydroxylation is 1. The quantitative estimate of drug-likeness (QED) is 0.662. The summed E-state index contributed by atoms with van der Waals surface area (Å²) in [7, 11) is 0. The van der Waals surface area contributed by atoms with Gasteiger partial charge in [0.25, 0.3) is 5.91 Å². The fourth-order valence-corrected chi connectivity index (χ4v) is 3.16. The predicted octanol–water partition coefficient (Wildman–Crippen LogP) is 3.61. The molecule has 2 amide bonds. The molecule has 0 saturated carbocycles. The Morgan fingerprint density at radius 1 is 1.18 bits per heavy atom. The molecule has 1 unspecified atom stereocenters. The van der Waals surface area contributed by atoms with E-state index in [0.29, 0.717) is 22.8 Å². The molecular formula is C21H24ClN3O3. The summed E-state index contributed by atoms with van der Waals surface area (Å²) in [6.07, 6.45) is 2.13. The molecule has 0 radical (unpaired) electrons. The SMILES string of the molecule is Cc1ccc(Cl)cc1NCC(=O)Nc1ccc(C(=O)NCC2CCCO2)cc1. The van der Waals surface area contributed by atoms with Crippen LogP contribution in [-0.2, 0) is 9.53 Å². The van der Waals surface area contributed by atoms with Gasteiger partial charge in [-0.25, -0.2) is 0 Å². The molecule has 7 heteroatoms. The number of amides is 2. The Morgan fingerprint density at radius 2 is 1.96 bits per heavy atom. The number of benzene rings is 2. The van der Waals surface area contributed by atoms with Crippen molar-refractivity contribution >= 4 is 34.8 Å². The molecule has 1 heterocycles. The third-order valence-electron chi connectivity index (χ3n) is 4.58. The Bertz CT molecular complexity index is 833. The fourth-order valence-electron chi connectivity index (χ4n) is 2.98. The second-order valence-electron chi connectivity index (χ2n) is 6.78. The molecule has 1 fully saturated rings. The molecule has 3 N–H and O–H groups in total. The van der Waals surface area contributed by atoms with Gasteiger partial charge in [-0.3, -0.25) is 9.59 Å². The van der Waals surface area contributed by atoms with Crippen molar-refractivity contribution in [3.8, 4) is 0 Å². The van der Waals surface area contributed by atoms with E-state index in [4.69, 9.17) is 16.3 Å². The predicted molar refractivity (Wildman–Crippen MR) is 111 cm³/mol. The van der Waals surface area contributed by atoms with Crippen LogP contribution in [0.25, 0.3) is 0 Å². The third-order valence-corrected chi connectivity index (χ3v) is 4.82. The first-order chi connectivity index (χ1) is 13.5. The van der Waals surface area contributed by atoms with E-state index in [1.807, 2.05) is 13.0 Å². The first-order valence-electron chi connectivity index (χ1n) is 9.31. The van der Waals surface area contributed by atoms with Crippen molar-refractivity contribution < 1.29 is 14.3 Å². The summed E-state index contributed by atoms with van der Waals surface area (Å²) in [6.45, 7) is 3.34. The van der Waals surface area contributed by atoms with Gasteiger partial charge in [0.05, 0.1) is 12.6 Å². The molecule has 0 aromatic heterocycles. The molecule has 0 aliphatic carbocycles.